The molecule has 5 fully saturated rings. The van der Waals surface area contributed by atoms with E-state index in [1.807, 2.05) is 0 Å². The van der Waals surface area contributed by atoms with Crippen molar-refractivity contribution in [2.24, 2.45) is 56.2 Å². The Bertz CT molecular complexity index is 846. The maximum absolute atomic E-state index is 11.1. The summed E-state index contributed by atoms with van der Waals surface area (Å²) in [6.45, 7) is 24.5. The van der Waals surface area contributed by atoms with Crippen LogP contribution in [0.2, 0.25) is 0 Å². The van der Waals surface area contributed by atoms with E-state index in [4.69, 9.17) is 0 Å². The summed E-state index contributed by atoms with van der Waals surface area (Å²) in [5.41, 5.74) is 2.48. The van der Waals surface area contributed by atoms with Gasteiger partial charge in [-0.15, -0.1) is 0 Å². The zero-order valence-corrected chi connectivity index (χ0v) is 22.9. The summed E-state index contributed by atoms with van der Waals surface area (Å²) < 4.78 is 0. The average molecular weight is 457 g/mol. The van der Waals surface area contributed by atoms with Crippen LogP contribution in [-0.4, -0.2) is 22.4 Å². The van der Waals surface area contributed by atoms with Crippen molar-refractivity contribution < 1.29 is 10.2 Å². The third-order valence-electron chi connectivity index (χ3n) is 14.7. The normalized spacial score (nSPS) is 60.2. The smallest absolute Gasteiger partial charge is 0.0755 e. The fourth-order valence-corrected chi connectivity index (χ4v) is 11.7. The van der Waals surface area contributed by atoms with Crippen LogP contribution in [0.25, 0.3) is 0 Å². The first-order valence-corrected chi connectivity index (χ1v) is 14.1. The van der Waals surface area contributed by atoms with Crippen molar-refractivity contribution in [1.29, 1.82) is 0 Å². The van der Waals surface area contributed by atoms with Crippen LogP contribution < -0.4 is 0 Å². The van der Waals surface area contributed by atoms with Crippen molar-refractivity contribution >= 4 is 0 Å². The first-order chi connectivity index (χ1) is 15.1. The van der Waals surface area contributed by atoms with Crippen LogP contribution in [0.4, 0.5) is 0 Å². The Morgan fingerprint density at radius 2 is 1.39 bits per heavy atom. The lowest BCUT2D eigenvalue weighted by atomic mass is 9.28. The second-order valence-electron chi connectivity index (χ2n) is 15.4. The van der Waals surface area contributed by atoms with Gasteiger partial charge in [-0.2, -0.15) is 0 Å². The molecule has 5 aliphatic carbocycles. The standard InChI is InChI=1S/C31H52O2/c1-19-20(2)25-21-10-11-23-29(7,28(21,6)15-14-27(25,5)18-22(19)32)16-17-31(9)26(3,4)24(33)12-13-30(23,31)8/h20-25,32-33H,1,10-18H2,2-9H3/t20-,21-,22-,23+,24+,25-,27+,28-,29-,30-,31+/m1/s1. The van der Waals surface area contributed by atoms with Crippen LogP contribution in [0.5, 0.6) is 0 Å². The number of aliphatic hydroxyl groups is 2. The highest BCUT2D eigenvalue weighted by Crippen LogP contribution is 2.79. The number of rotatable bonds is 0. The lowest BCUT2D eigenvalue weighted by Gasteiger charge is -2.76. The lowest BCUT2D eigenvalue weighted by molar-refractivity contribution is -0.283. The third kappa shape index (κ3) is 2.64. The van der Waals surface area contributed by atoms with Gasteiger partial charge >= 0.3 is 0 Å². The summed E-state index contributed by atoms with van der Waals surface area (Å²) in [7, 11) is 0. The molecule has 188 valence electrons. The van der Waals surface area contributed by atoms with E-state index in [9.17, 15) is 10.2 Å². The number of aliphatic hydroxyl groups excluding tert-OH is 2. The van der Waals surface area contributed by atoms with Crippen molar-refractivity contribution in [3.8, 4) is 0 Å². The van der Waals surface area contributed by atoms with Gasteiger partial charge in [0.05, 0.1) is 12.2 Å². The van der Waals surface area contributed by atoms with Gasteiger partial charge in [-0.05, 0) is 120 Å². The monoisotopic (exact) mass is 456 g/mol. The van der Waals surface area contributed by atoms with Gasteiger partial charge in [-0.3, -0.25) is 0 Å². The van der Waals surface area contributed by atoms with Crippen LogP contribution in [0.3, 0.4) is 0 Å². The molecule has 0 radical (unpaired) electrons. The molecule has 2 N–H and O–H groups in total. The highest BCUT2D eigenvalue weighted by molar-refractivity contribution is 5.24. The maximum atomic E-state index is 11.1. The van der Waals surface area contributed by atoms with Crippen molar-refractivity contribution in [3.63, 3.8) is 0 Å². The third-order valence-corrected chi connectivity index (χ3v) is 14.7. The molecule has 0 aromatic heterocycles. The van der Waals surface area contributed by atoms with Gasteiger partial charge in [-0.25, -0.2) is 0 Å². The quantitative estimate of drug-likeness (QED) is 0.373. The van der Waals surface area contributed by atoms with E-state index in [-0.39, 0.29) is 33.9 Å². The minimum Gasteiger partial charge on any atom is -0.393 e. The molecule has 0 aromatic carbocycles. The minimum atomic E-state index is -0.317. The summed E-state index contributed by atoms with van der Waals surface area (Å²) in [5, 5.41) is 21.9. The highest BCUT2D eigenvalue weighted by Gasteiger charge is 2.72. The van der Waals surface area contributed by atoms with E-state index in [1.165, 1.54) is 44.9 Å². The molecule has 0 amide bonds. The zero-order chi connectivity index (χ0) is 24.4. The molecule has 5 saturated carbocycles. The molecule has 0 aromatic rings. The summed E-state index contributed by atoms with van der Waals surface area (Å²) in [4.78, 5) is 0. The van der Waals surface area contributed by atoms with Crippen molar-refractivity contribution in [2.75, 3.05) is 0 Å². The van der Waals surface area contributed by atoms with Gasteiger partial charge in [0.15, 0.2) is 0 Å². The Morgan fingerprint density at radius 3 is 2.06 bits per heavy atom. The number of hydrogen-bond acceptors (Lipinski definition) is 2. The van der Waals surface area contributed by atoms with E-state index < -0.39 is 0 Å². The molecule has 5 rings (SSSR count). The van der Waals surface area contributed by atoms with Crippen LogP contribution in [0.1, 0.15) is 113 Å². The summed E-state index contributed by atoms with van der Waals surface area (Å²) >= 11 is 0. The van der Waals surface area contributed by atoms with Crippen LogP contribution >= 0.6 is 0 Å². The second-order valence-corrected chi connectivity index (χ2v) is 15.4. The number of fused-ring (bicyclic) bond motifs is 7. The van der Waals surface area contributed by atoms with Gasteiger partial charge in [0, 0.05) is 0 Å². The Kier molecular flexibility index (Phi) is 5.10. The Morgan fingerprint density at radius 1 is 0.758 bits per heavy atom. The average Bonchev–Trinajstić information content (AvgIpc) is 2.73. The molecule has 0 aliphatic heterocycles. The van der Waals surface area contributed by atoms with E-state index in [0.29, 0.717) is 22.7 Å². The predicted molar refractivity (Wildman–Crippen MR) is 137 cm³/mol. The fraction of sp³-hybridized carbons (Fsp3) is 0.935. The molecule has 0 heterocycles. The van der Waals surface area contributed by atoms with Gasteiger partial charge in [-0.1, -0.05) is 62.0 Å². The summed E-state index contributed by atoms with van der Waals surface area (Å²) in [6, 6.07) is 0. The van der Waals surface area contributed by atoms with Crippen LogP contribution in [-0.2, 0) is 0 Å². The van der Waals surface area contributed by atoms with Crippen molar-refractivity contribution in [3.05, 3.63) is 12.2 Å². The molecule has 0 saturated heterocycles. The predicted octanol–water partition coefficient (Wildman–Crippen LogP) is 7.39. The van der Waals surface area contributed by atoms with Gasteiger partial charge < -0.3 is 10.2 Å². The van der Waals surface area contributed by atoms with Crippen LogP contribution in [0.15, 0.2) is 12.2 Å². The first-order valence-electron chi connectivity index (χ1n) is 14.1. The van der Waals surface area contributed by atoms with Crippen molar-refractivity contribution in [2.45, 2.75) is 125 Å². The molecule has 2 heteroatoms. The zero-order valence-electron chi connectivity index (χ0n) is 22.9. The van der Waals surface area contributed by atoms with E-state index >= 15 is 0 Å². The van der Waals surface area contributed by atoms with Gasteiger partial charge in [0.1, 0.15) is 0 Å². The fourth-order valence-electron chi connectivity index (χ4n) is 11.7. The van der Waals surface area contributed by atoms with E-state index in [2.05, 4.69) is 62.0 Å². The molecule has 5 aliphatic rings. The largest absolute Gasteiger partial charge is 0.393 e. The molecular weight excluding hydrogens is 404 g/mol. The van der Waals surface area contributed by atoms with Crippen molar-refractivity contribution in [1.82, 2.24) is 0 Å². The van der Waals surface area contributed by atoms with E-state index in [1.54, 1.807) is 0 Å². The molecule has 33 heavy (non-hydrogen) atoms. The Labute approximate surface area is 204 Å². The minimum absolute atomic E-state index is 0.0318. The topological polar surface area (TPSA) is 40.5 Å². The van der Waals surface area contributed by atoms with Crippen LogP contribution in [0, 0.1) is 56.2 Å². The Hall–Kier alpha value is -0.340. The van der Waals surface area contributed by atoms with Gasteiger partial charge in [0.2, 0.25) is 0 Å². The molecule has 0 spiro atoms. The molecule has 0 unspecified atom stereocenters. The molecule has 2 nitrogen and oxygen atoms in total. The SMILES string of the molecule is C=C1[C@H](O)C[C@]2(C)CC[C@]3(C)[C@H](CC[C@@H]4[C@@]5(C)CC[C@H](O)C(C)(C)[C@]5(C)CC[C@]43C)[C@H]2[C@@H]1C. The highest BCUT2D eigenvalue weighted by atomic mass is 16.3. The molecule has 0 bridgehead atoms. The summed E-state index contributed by atoms with van der Waals surface area (Å²) in [6.07, 6.45) is 10.3. The summed E-state index contributed by atoms with van der Waals surface area (Å²) in [5.74, 6) is 2.52. The first kappa shape index (κ1) is 24.4. The second kappa shape index (κ2) is 6.90. The number of hydrogen-bond donors (Lipinski definition) is 2. The van der Waals surface area contributed by atoms with E-state index in [0.717, 1.165) is 30.3 Å². The molecular formula is C31H52O2. The lowest BCUT2D eigenvalue weighted by Crippen LogP contribution is -2.70. The van der Waals surface area contributed by atoms with Gasteiger partial charge in [0.25, 0.3) is 0 Å². The maximum Gasteiger partial charge on any atom is 0.0755 e. The molecule has 11 atom stereocenters. The Balaban J connectivity index is 1.57.